The monoisotopic (exact) mass is 476 g/mol. The van der Waals surface area contributed by atoms with Crippen LogP contribution in [0.2, 0.25) is 0 Å². The van der Waals surface area contributed by atoms with E-state index >= 15 is 0 Å². The van der Waals surface area contributed by atoms with Crippen LogP contribution in [0.4, 0.5) is 26.3 Å². The van der Waals surface area contributed by atoms with Gasteiger partial charge in [0.1, 0.15) is 15.8 Å². The molecule has 3 aromatic rings. The van der Waals surface area contributed by atoms with Gasteiger partial charge in [0.15, 0.2) is 0 Å². The van der Waals surface area contributed by atoms with Crippen LogP contribution in [0.5, 0.6) is 5.75 Å². The minimum atomic E-state index is -4.69. The molecule has 0 aliphatic heterocycles. The lowest BCUT2D eigenvalue weighted by Gasteiger charge is -2.15. The van der Waals surface area contributed by atoms with Crippen LogP contribution in [0.3, 0.4) is 0 Å². The Labute approximate surface area is 183 Å². The van der Waals surface area contributed by atoms with Crippen molar-refractivity contribution in [1.29, 1.82) is 0 Å². The summed E-state index contributed by atoms with van der Waals surface area (Å²) < 4.78 is 83.9. The Bertz CT molecular complexity index is 1050. The van der Waals surface area contributed by atoms with Gasteiger partial charge in [-0.15, -0.1) is 10.2 Å². The van der Waals surface area contributed by atoms with Gasteiger partial charge >= 0.3 is 12.4 Å². The van der Waals surface area contributed by atoms with Crippen LogP contribution in [0.1, 0.15) is 34.5 Å². The Hall–Kier alpha value is -2.66. The summed E-state index contributed by atoms with van der Waals surface area (Å²) in [6, 6.07) is 7.89. The van der Waals surface area contributed by atoms with Gasteiger partial charge in [0, 0.05) is 17.9 Å². The van der Waals surface area contributed by atoms with E-state index in [0.717, 1.165) is 29.5 Å². The number of hydrogen-bond acceptors (Lipinski definition) is 5. The van der Waals surface area contributed by atoms with Gasteiger partial charge in [-0.1, -0.05) is 30.4 Å². The highest BCUT2D eigenvalue weighted by molar-refractivity contribution is 7.14. The Morgan fingerprint density at radius 3 is 2.25 bits per heavy atom. The van der Waals surface area contributed by atoms with Crippen molar-refractivity contribution >= 4 is 11.3 Å². The molecule has 1 N–H and O–H groups in total. The summed E-state index contributed by atoms with van der Waals surface area (Å²) in [7, 11) is 0. The number of aliphatic hydroxyl groups is 1. The molecule has 0 spiro atoms. The molecule has 0 radical (unpaired) electrons. The highest BCUT2D eigenvalue weighted by atomic mass is 32.1. The van der Waals surface area contributed by atoms with Crippen LogP contribution in [0.15, 0.2) is 42.5 Å². The fourth-order valence-corrected chi connectivity index (χ4v) is 3.66. The highest BCUT2D eigenvalue weighted by Gasteiger charge is 2.35. The SMILES string of the molecule is C[C@H](CO)c1nnc(-c2ccc(OCCc3ccc(C(F)(F)F)cc3)c(C(F)(F)F)c2)s1. The van der Waals surface area contributed by atoms with Crippen molar-refractivity contribution in [2.45, 2.75) is 31.6 Å². The van der Waals surface area contributed by atoms with Gasteiger partial charge in [-0.2, -0.15) is 26.3 Å². The average molecular weight is 476 g/mol. The van der Waals surface area contributed by atoms with E-state index in [1.165, 1.54) is 24.3 Å². The van der Waals surface area contributed by atoms with Crippen LogP contribution in [0.25, 0.3) is 10.6 Å². The number of halogens is 6. The third kappa shape index (κ3) is 5.77. The molecule has 0 fully saturated rings. The lowest BCUT2D eigenvalue weighted by Crippen LogP contribution is -2.11. The van der Waals surface area contributed by atoms with Crippen LogP contribution in [-0.2, 0) is 18.8 Å². The van der Waals surface area contributed by atoms with Gasteiger partial charge in [0.25, 0.3) is 0 Å². The number of rotatable bonds is 7. The molecule has 0 aliphatic carbocycles. The second kappa shape index (κ2) is 9.45. The largest absolute Gasteiger partial charge is 0.493 e. The number of alkyl halides is 6. The van der Waals surface area contributed by atoms with Crippen LogP contribution < -0.4 is 4.74 Å². The zero-order valence-electron chi connectivity index (χ0n) is 16.7. The van der Waals surface area contributed by atoms with Gasteiger partial charge in [0.05, 0.1) is 24.3 Å². The zero-order valence-corrected chi connectivity index (χ0v) is 17.5. The van der Waals surface area contributed by atoms with Crippen molar-refractivity contribution in [2.75, 3.05) is 13.2 Å². The first kappa shape index (κ1) is 24.0. The quantitative estimate of drug-likeness (QED) is 0.428. The Morgan fingerprint density at radius 2 is 1.66 bits per heavy atom. The standard InChI is InChI=1S/C21H18F6N2O2S/c1-12(11-30)18-28-29-19(32-18)14-4-7-17(16(10-14)21(25,26)27)31-9-8-13-2-5-15(6-3-13)20(22,23)24/h2-7,10,12,30H,8-9,11H2,1H3/t12-/m1/s1. The minimum Gasteiger partial charge on any atom is -0.493 e. The maximum absolute atomic E-state index is 13.6. The summed E-state index contributed by atoms with van der Waals surface area (Å²) in [5.41, 5.74) is -1.08. The van der Waals surface area contributed by atoms with E-state index < -0.39 is 23.5 Å². The smallest absolute Gasteiger partial charge is 0.419 e. The third-order valence-electron chi connectivity index (χ3n) is 4.60. The Morgan fingerprint density at radius 1 is 0.969 bits per heavy atom. The number of ether oxygens (including phenoxy) is 1. The zero-order chi connectivity index (χ0) is 23.5. The van der Waals surface area contributed by atoms with Crippen LogP contribution in [0, 0.1) is 0 Å². The van der Waals surface area contributed by atoms with E-state index in [2.05, 4.69) is 10.2 Å². The van der Waals surface area contributed by atoms with Crippen molar-refractivity contribution in [3.8, 4) is 16.3 Å². The molecule has 3 rings (SSSR count). The molecule has 1 aromatic heterocycles. The van der Waals surface area contributed by atoms with Crippen molar-refractivity contribution < 1.29 is 36.2 Å². The van der Waals surface area contributed by atoms with Gasteiger partial charge in [-0.05, 0) is 35.9 Å². The first-order valence-electron chi connectivity index (χ1n) is 9.44. The lowest BCUT2D eigenvalue weighted by molar-refractivity contribution is -0.139. The topological polar surface area (TPSA) is 55.2 Å². The predicted octanol–water partition coefficient (Wildman–Crippen LogP) is 5.96. The van der Waals surface area contributed by atoms with E-state index in [9.17, 15) is 31.4 Å². The predicted molar refractivity (Wildman–Crippen MR) is 106 cm³/mol. The molecule has 2 aromatic carbocycles. The third-order valence-corrected chi connectivity index (χ3v) is 5.80. The minimum absolute atomic E-state index is 0.135. The van der Waals surface area contributed by atoms with E-state index in [1.807, 2.05) is 0 Å². The first-order valence-corrected chi connectivity index (χ1v) is 10.3. The second-order valence-corrected chi connectivity index (χ2v) is 8.04. The van der Waals surface area contributed by atoms with E-state index in [4.69, 9.17) is 4.74 Å². The molecular weight excluding hydrogens is 458 g/mol. The maximum Gasteiger partial charge on any atom is 0.419 e. The highest BCUT2D eigenvalue weighted by Crippen LogP contribution is 2.39. The molecule has 11 heteroatoms. The van der Waals surface area contributed by atoms with Crippen molar-refractivity contribution in [3.63, 3.8) is 0 Å². The summed E-state index contributed by atoms with van der Waals surface area (Å²) >= 11 is 1.09. The van der Waals surface area contributed by atoms with E-state index in [0.29, 0.717) is 10.6 Å². The molecule has 0 unspecified atom stereocenters. The fraction of sp³-hybridized carbons (Fsp3) is 0.333. The van der Waals surface area contributed by atoms with Crippen molar-refractivity contribution in [1.82, 2.24) is 10.2 Å². The summed E-state index contributed by atoms with van der Waals surface area (Å²) in [4.78, 5) is 0. The average Bonchev–Trinajstić information content (AvgIpc) is 3.22. The van der Waals surface area contributed by atoms with E-state index in [-0.39, 0.29) is 41.9 Å². The molecule has 0 aliphatic rings. The lowest BCUT2D eigenvalue weighted by atomic mass is 10.1. The molecule has 1 heterocycles. The van der Waals surface area contributed by atoms with Gasteiger partial charge in [-0.3, -0.25) is 0 Å². The molecule has 1 atom stereocenters. The number of nitrogens with zero attached hydrogens (tertiary/aromatic N) is 2. The molecule has 0 amide bonds. The van der Waals surface area contributed by atoms with Gasteiger partial charge < -0.3 is 9.84 Å². The molecule has 32 heavy (non-hydrogen) atoms. The normalized spacial score (nSPS) is 13.2. The number of aromatic nitrogens is 2. The van der Waals surface area contributed by atoms with Crippen LogP contribution >= 0.6 is 11.3 Å². The number of aliphatic hydroxyl groups excluding tert-OH is 1. The van der Waals surface area contributed by atoms with Gasteiger partial charge in [0.2, 0.25) is 0 Å². The molecule has 0 saturated carbocycles. The maximum atomic E-state index is 13.6. The summed E-state index contributed by atoms with van der Waals surface area (Å²) in [5, 5.41) is 17.8. The van der Waals surface area contributed by atoms with Gasteiger partial charge in [-0.25, -0.2) is 0 Å². The fourth-order valence-electron chi connectivity index (χ4n) is 2.78. The summed E-state index contributed by atoms with van der Waals surface area (Å²) in [6.07, 6.45) is -9.01. The molecule has 4 nitrogen and oxygen atoms in total. The number of hydrogen-bond donors (Lipinski definition) is 1. The molecule has 172 valence electrons. The molecule has 0 bridgehead atoms. The van der Waals surface area contributed by atoms with E-state index in [1.54, 1.807) is 6.92 Å². The Balaban J connectivity index is 1.74. The molecule has 0 saturated heterocycles. The first-order chi connectivity index (χ1) is 15.0. The van der Waals surface area contributed by atoms with Crippen LogP contribution in [-0.4, -0.2) is 28.5 Å². The van der Waals surface area contributed by atoms with Crippen molar-refractivity contribution in [3.05, 3.63) is 64.2 Å². The molecular formula is C21H18F6N2O2S. The number of benzene rings is 2. The summed E-state index contributed by atoms with van der Waals surface area (Å²) in [6.45, 7) is 1.41. The second-order valence-electron chi connectivity index (χ2n) is 7.03. The van der Waals surface area contributed by atoms with Crippen molar-refractivity contribution in [2.24, 2.45) is 0 Å². The Kier molecular flexibility index (Phi) is 7.09. The summed E-state index contributed by atoms with van der Waals surface area (Å²) in [5.74, 6) is -0.669.